The van der Waals surface area contributed by atoms with Gasteiger partial charge < -0.3 is 5.11 Å². The number of aromatic nitrogens is 1. The van der Waals surface area contributed by atoms with Gasteiger partial charge in [-0.15, -0.1) is 11.3 Å². The van der Waals surface area contributed by atoms with E-state index in [4.69, 9.17) is 0 Å². The average molecular weight is 295 g/mol. The Morgan fingerprint density at radius 2 is 2.00 bits per heavy atom. The van der Waals surface area contributed by atoms with Gasteiger partial charge in [-0.1, -0.05) is 30.3 Å². The van der Waals surface area contributed by atoms with Gasteiger partial charge in [0.25, 0.3) is 0 Å². The number of rotatable bonds is 2. The lowest BCUT2D eigenvalue weighted by Crippen LogP contribution is -2.17. The number of aliphatic hydroxyl groups excluding tert-OH is 1. The van der Waals surface area contributed by atoms with E-state index in [0.717, 1.165) is 16.1 Å². The molecular formula is C13H13NO3S2. The molecule has 1 N–H and O–H groups in total. The van der Waals surface area contributed by atoms with Gasteiger partial charge in [-0.05, 0) is 5.56 Å². The third-order valence-electron chi connectivity index (χ3n) is 3.14. The average Bonchev–Trinajstić information content (AvgIpc) is 2.80. The van der Waals surface area contributed by atoms with Crippen molar-refractivity contribution in [2.45, 2.75) is 18.3 Å². The molecule has 0 aliphatic carbocycles. The Hall–Kier alpha value is -1.24. The number of thiazole rings is 1. The van der Waals surface area contributed by atoms with Crippen LogP contribution in [0.1, 0.15) is 27.2 Å². The van der Waals surface area contributed by atoms with E-state index < -0.39 is 15.9 Å². The quantitative estimate of drug-likeness (QED) is 0.915. The second kappa shape index (κ2) is 4.70. The van der Waals surface area contributed by atoms with Crippen molar-refractivity contribution in [3.63, 3.8) is 0 Å². The monoisotopic (exact) mass is 295 g/mol. The van der Waals surface area contributed by atoms with Gasteiger partial charge in [-0.2, -0.15) is 0 Å². The summed E-state index contributed by atoms with van der Waals surface area (Å²) in [6, 6.07) is 9.27. The maximum absolute atomic E-state index is 11.6. The van der Waals surface area contributed by atoms with Gasteiger partial charge in [0.1, 0.15) is 11.1 Å². The Morgan fingerprint density at radius 3 is 2.74 bits per heavy atom. The van der Waals surface area contributed by atoms with E-state index in [2.05, 4.69) is 4.98 Å². The molecule has 0 radical (unpaired) electrons. The molecule has 2 heterocycles. The first-order chi connectivity index (χ1) is 9.05. The fraction of sp³-hybridized carbons (Fsp3) is 0.308. The highest BCUT2D eigenvalue weighted by molar-refractivity contribution is 7.90. The van der Waals surface area contributed by atoms with Crippen molar-refractivity contribution < 1.29 is 13.5 Å². The van der Waals surface area contributed by atoms with E-state index >= 15 is 0 Å². The largest absolute Gasteiger partial charge is 0.381 e. The number of benzene rings is 1. The second-order valence-electron chi connectivity index (χ2n) is 4.58. The fourth-order valence-corrected chi connectivity index (χ4v) is 5.04. The van der Waals surface area contributed by atoms with Crippen molar-refractivity contribution in [3.8, 4) is 0 Å². The molecule has 1 aliphatic heterocycles. The number of fused-ring (bicyclic) bond motifs is 1. The fourth-order valence-electron chi connectivity index (χ4n) is 2.13. The molecule has 6 heteroatoms. The maximum Gasteiger partial charge on any atom is 0.155 e. The third kappa shape index (κ3) is 2.56. The lowest BCUT2D eigenvalue weighted by atomic mass is 10.1. The first-order valence-corrected chi connectivity index (χ1v) is 8.61. The van der Waals surface area contributed by atoms with Crippen LogP contribution in [0.5, 0.6) is 0 Å². The zero-order valence-corrected chi connectivity index (χ0v) is 11.7. The van der Waals surface area contributed by atoms with Gasteiger partial charge in [0.05, 0.1) is 17.2 Å². The van der Waals surface area contributed by atoms with E-state index in [1.54, 1.807) is 0 Å². The highest BCUT2D eigenvalue weighted by Gasteiger charge is 2.27. The van der Waals surface area contributed by atoms with Crippen LogP contribution in [-0.2, 0) is 22.0 Å². The summed E-state index contributed by atoms with van der Waals surface area (Å²) in [5.41, 5.74) is 1.60. The molecule has 0 saturated heterocycles. The van der Waals surface area contributed by atoms with Crippen molar-refractivity contribution in [1.29, 1.82) is 0 Å². The summed E-state index contributed by atoms with van der Waals surface area (Å²) >= 11 is 1.30. The molecule has 1 aromatic heterocycles. The molecule has 0 amide bonds. The molecule has 0 fully saturated rings. The highest BCUT2D eigenvalue weighted by Crippen LogP contribution is 2.32. The number of hydrogen-bond donors (Lipinski definition) is 1. The Kier molecular flexibility index (Phi) is 3.16. The number of aliphatic hydroxyl groups is 1. The summed E-state index contributed by atoms with van der Waals surface area (Å²) < 4.78 is 23.2. The molecule has 1 aromatic carbocycles. The third-order valence-corrected chi connectivity index (χ3v) is 6.03. The van der Waals surface area contributed by atoms with Crippen LogP contribution in [0.25, 0.3) is 0 Å². The molecule has 19 heavy (non-hydrogen) atoms. The Bertz CT molecular complexity index is 692. The number of nitrogens with zero attached hydrogens (tertiary/aromatic N) is 1. The minimum absolute atomic E-state index is 0.0571. The van der Waals surface area contributed by atoms with E-state index in [0.29, 0.717) is 11.4 Å². The van der Waals surface area contributed by atoms with Gasteiger partial charge in [0.2, 0.25) is 0 Å². The van der Waals surface area contributed by atoms with E-state index in [1.165, 1.54) is 11.3 Å². The SMILES string of the molecule is O=S1(=O)CCc2nc(C(O)c3ccccc3)sc2C1. The zero-order valence-electron chi connectivity index (χ0n) is 10.1. The number of aryl methyl sites for hydroxylation is 1. The standard InChI is InChI=1S/C13H13NO3S2/c15-12(9-4-2-1-3-5-9)13-14-10-6-7-19(16,17)8-11(10)18-13/h1-5,12,15H,6-8H2. The predicted molar refractivity (Wildman–Crippen MR) is 73.8 cm³/mol. The second-order valence-corrected chi connectivity index (χ2v) is 7.88. The van der Waals surface area contributed by atoms with Crippen molar-refractivity contribution in [3.05, 3.63) is 51.5 Å². The molecule has 1 atom stereocenters. The van der Waals surface area contributed by atoms with Crippen molar-refractivity contribution >= 4 is 21.2 Å². The normalized spacial score (nSPS) is 18.8. The maximum atomic E-state index is 11.6. The van der Waals surface area contributed by atoms with Crippen LogP contribution < -0.4 is 0 Å². The summed E-state index contributed by atoms with van der Waals surface area (Å²) in [4.78, 5) is 5.17. The molecule has 0 bridgehead atoms. The van der Waals surface area contributed by atoms with E-state index in [9.17, 15) is 13.5 Å². The van der Waals surface area contributed by atoms with Crippen molar-refractivity contribution in [2.24, 2.45) is 0 Å². The first-order valence-electron chi connectivity index (χ1n) is 5.97. The highest BCUT2D eigenvalue weighted by atomic mass is 32.2. The molecule has 0 saturated carbocycles. The van der Waals surface area contributed by atoms with E-state index in [-0.39, 0.29) is 11.5 Å². The molecular weight excluding hydrogens is 282 g/mol. The van der Waals surface area contributed by atoms with Crippen LogP contribution in [0.15, 0.2) is 30.3 Å². The molecule has 1 aliphatic rings. The lowest BCUT2D eigenvalue weighted by Gasteiger charge is -2.09. The topological polar surface area (TPSA) is 67.3 Å². The van der Waals surface area contributed by atoms with Gasteiger partial charge in [-0.25, -0.2) is 13.4 Å². The Labute approximate surface area is 115 Å². The Balaban J connectivity index is 1.94. The van der Waals surface area contributed by atoms with Gasteiger partial charge in [-0.3, -0.25) is 0 Å². The van der Waals surface area contributed by atoms with E-state index in [1.807, 2.05) is 30.3 Å². The summed E-state index contributed by atoms with van der Waals surface area (Å²) in [5, 5.41) is 10.8. The Morgan fingerprint density at radius 1 is 1.26 bits per heavy atom. The van der Waals surface area contributed by atoms with Crippen LogP contribution >= 0.6 is 11.3 Å². The predicted octanol–water partition coefficient (Wildman–Crippen LogP) is 1.70. The minimum atomic E-state index is -2.98. The molecule has 1 unspecified atom stereocenters. The first kappa shape index (κ1) is 12.8. The molecule has 3 rings (SSSR count). The molecule has 0 spiro atoms. The summed E-state index contributed by atoms with van der Waals surface area (Å²) in [5.74, 6) is 0.214. The lowest BCUT2D eigenvalue weighted by molar-refractivity contribution is 0.219. The van der Waals surface area contributed by atoms with Crippen LogP contribution in [0, 0.1) is 0 Å². The van der Waals surface area contributed by atoms with Crippen molar-refractivity contribution in [1.82, 2.24) is 4.98 Å². The minimum Gasteiger partial charge on any atom is -0.381 e. The van der Waals surface area contributed by atoms with Crippen LogP contribution in [0.2, 0.25) is 0 Å². The van der Waals surface area contributed by atoms with Crippen molar-refractivity contribution in [2.75, 3.05) is 5.75 Å². The molecule has 4 nitrogen and oxygen atoms in total. The zero-order chi connectivity index (χ0) is 13.5. The molecule has 100 valence electrons. The summed E-state index contributed by atoms with van der Waals surface area (Å²) in [7, 11) is -2.98. The van der Waals surface area contributed by atoms with Crippen LogP contribution in [0.3, 0.4) is 0 Å². The molecule has 2 aromatic rings. The van der Waals surface area contributed by atoms with Gasteiger partial charge in [0, 0.05) is 11.3 Å². The van der Waals surface area contributed by atoms with Gasteiger partial charge in [0.15, 0.2) is 9.84 Å². The van der Waals surface area contributed by atoms with Gasteiger partial charge >= 0.3 is 0 Å². The summed E-state index contributed by atoms with van der Waals surface area (Å²) in [6.07, 6.45) is -0.324. The number of hydrogen-bond acceptors (Lipinski definition) is 5. The summed E-state index contributed by atoms with van der Waals surface area (Å²) in [6.45, 7) is 0. The smallest absolute Gasteiger partial charge is 0.155 e. The van der Waals surface area contributed by atoms with Crippen LogP contribution in [-0.4, -0.2) is 24.3 Å². The number of sulfone groups is 1. The van der Waals surface area contributed by atoms with Crippen LogP contribution in [0.4, 0.5) is 0 Å².